The summed E-state index contributed by atoms with van der Waals surface area (Å²) in [5.41, 5.74) is 13.7. The maximum atomic E-state index is 14.3. The van der Waals surface area contributed by atoms with Gasteiger partial charge in [0.1, 0.15) is 5.82 Å². The largest absolute Gasteiger partial charge is 0.402 e. The molecule has 2 aromatic rings. The number of aryl methyl sites for hydroxylation is 1. The van der Waals surface area contributed by atoms with Crippen molar-refractivity contribution in [2.45, 2.75) is 52.4 Å². The van der Waals surface area contributed by atoms with E-state index in [1.807, 2.05) is 6.07 Å². The molecule has 0 heterocycles. The average molecular weight is 394 g/mol. The smallest absolute Gasteiger partial charge is 0.123 e. The molecule has 154 valence electrons. The number of allylic oxidation sites excluding steroid dienone is 4. The van der Waals surface area contributed by atoms with Gasteiger partial charge in [-0.15, -0.1) is 0 Å². The maximum absolute atomic E-state index is 14.3. The van der Waals surface area contributed by atoms with E-state index in [4.69, 9.17) is 11.6 Å². The van der Waals surface area contributed by atoms with Crippen LogP contribution >= 0.6 is 0 Å². The number of halogens is 1. The number of nitrogens with two attached hydrogens (primary N) is 2. The molecular formula is C25H32FN3. The third-order valence-corrected chi connectivity index (χ3v) is 5.65. The minimum Gasteiger partial charge on any atom is -0.402 e. The molecular weight excluding hydrogens is 361 g/mol. The Morgan fingerprint density at radius 1 is 1.14 bits per heavy atom. The van der Waals surface area contributed by atoms with Crippen molar-refractivity contribution < 1.29 is 4.39 Å². The Labute approximate surface area is 173 Å². The van der Waals surface area contributed by atoms with Crippen LogP contribution < -0.4 is 16.6 Å². The molecule has 3 rings (SSSR count). The quantitative estimate of drug-likeness (QED) is 0.473. The van der Waals surface area contributed by atoms with Gasteiger partial charge in [-0.1, -0.05) is 37.3 Å². The van der Waals surface area contributed by atoms with Crippen LogP contribution in [0.2, 0.25) is 0 Å². The molecule has 3 nitrogen and oxygen atoms in total. The van der Waals surface area contributed by atoms with Gasteiger partial charge in [0, 0.05) is 17.8 Å². The van der Waals surface area contributed by atoms with Crippen molar-refractivity contribution in [3.63, 3.8) is 0 Å². The summed E-state index contributed by atoms with van der Waals surface area (Å²) in [6.07, 6.45) is 7.91. The van der Waals surface area contributed by atoms with Crippen molar-refractivity contribution in [1.29, 1.82) is 0 Å². The molecule has 0 spiro atoms. The molecule has 0 aliphatic heterocycles. The molecule has 4 N–H and O–H groups in total. The monoisotopic (exact) mass is 393 g/mol. The summed E-state index contributed by atoms with van der Waals surface area (Å²) in [6, 6.07) is 13.2. The minimum atomic E-state index is -0.259. The van der Waals surface area contributed by atoms with Crippen molar-refractivity contribution in [1.82, 2.24) is 0 Å². The molecule has 0 unspecified atom stereocenters. The fourth-order valence-corrected chi connectivity index (χ4v) is 4.02. The Kier molecular flexibility index (Phi) is 7.10. The summed E-state index contributed by atoms with van der Waals surface area (Å²) >= 11 is 0. The summed E-state index contributed by atoms with van der Waals surface area (Å²) in [7, 11) is 0. The van der Waals surface area contributed by atoms with Crippen LogP contribution in [0.4, 0.5) is 10.1 Å². The van der Waals surface area contributed by atoms with E-state index in [2.05, 4.69) is 38.1 Å². The number of rotatable bonds is 7. The van der Waals surface area contributed by atoms with Gasteiger partial charge in [-0.2, -0.15) is 0 Å². The van der Waals surface area contributed by atoms with Crippen molar-refractivity contribution in [2.24, 2.45) is 11.6 Å². The molecule has 0 amide bonds. The molecule has 4 heteroatoms. The number of hydrogen-bond acceptors (Lipinski definition) is 3. The lowest BCUT2D eigenvalue weighted by Crippen LogP contribution is -2.32. The van der Waals surface area contributed by atoms with E-state index in [1.165, 1.54) is 17.2 Å². The average Bonchev–Trinajstić information content (AvgIpc) is 2.71. The van der Waals surface area contributed by atoms with E-state index in [-0.39, 0.29) is 5.82 Å². The maximum Gasteiger partial charge on any atom is 0.123 e. The number of nitrogens with zero attached hydrogens (tertiary/aromatic N) is 1. The van der Waals surface area contributed by atoms with E-state index >= 15 is 0 Å². The number of hydrogen-bond donors (Lipinski definition) is 2. The summed E-state index contributed by atoms with van der Waals surface area (Å²) in [5.74, 6) is 6.07. The van der Waals surface area contributed by atoms with Gasteiger partial charge in [0.15, 0.2) is 0 Å². The SMILES string of the molecule is CCCN(N)c1ccc(F)cc1/C(=C/Cc1ccccc1C)C1=C(N)CCCC1. The van der Waals surface area contributed by atoms with E-state index in [1.54, 1.807) is 17.1 Å². The van der Waals surface area contributed by atoms with Gasteiger partial charge >= 0.3 is 0 Å². The predicted octanol–water partition coefficient (Wildman–Crippen LogP) is 5.64. The Hall–Kier alpha value is -2.59. The molecule has 1 aliphatic carbocycles. The fraction of sp³-hybridized carbons (Fsp3) is 0.360. The Morgan fingerprint density at radius 2 is 1.90 bits per heavy atom. The standard InChI is InChI=1S/C25H32FN3/c1-3-16-29(28)25-15-13-20(26)17-23(25)21(22-10-6-7-11-24(22)27)14-12-19-9-5-4-8-18(19)2/h4-5,8-9,13-15,17H,3,6-7,10-12,16,27-28H2,1-2H3/b21-14+. The van der Waals surface area contributed by atoms with Gasteiger partial charge in [-0.25, -0.2) is 10.2 Å². The van der Waals surface area contributed by atoms with Crippen molar-refractivity contribution in [3.05, 3.63) is 82.3 Å². The Morgan fingerprint density at radius 3 is 2.62 bits per heavy atom. The van der Waals surface area contributed by atoms with Crippen molar-refractivity contribution >= 4 is 11.3 Å². The lowest BCUT2D eigenvalue weighted by Gasteiger charge is -2.26. The molecule has 0 radical (unpaired) electrons. The van der Waals surface area contributed by atoms with Crippen LogP contribution in [-0.2, 0) is 6.42 Å². The minimum absolute atomic E-state index is 0.259. The van der Waals surface area contributed by atoms with Gasteiger partial charge in [-0.3, -0.25) is 0 Å². The molecule has 0 atom stereocenters. The van der Waals surface area contributed by atoms with E-state index < -0.39 is 0 Å². The number of hydrazine groups is 1. The van der Waals surface area contributed by atoms with Crippen LogP contribution in [0.5, 0.6) is 0 Å². The summed E-state index contributed by atoms with van der Waals surface area (Å²) in [4.78, 5) is 0. The fourth-order valence-electron chi connectivity index (χ4n) is 4.02. The first-order valence-corrected chi connectivity index (χ1v) is 10.6. The molecule has 0 fully saturated rings. The Balaban J connectivity index is 2.12. The highest BCUT2D eigenvalue weighted by Crippen LogP contribution is 2.38. The molecule has 0 bridgehead atoms. The second-order valence-electron chi connectivity index (χ2n) is 7.81. The normalized spacial score (nSPS) is 15.0. The lowest BCUT2D eigenvalue weighted by atomic mass is 9.85. The number of anilines is 1. The van der Waals surface area contributed by atoms with E-state index in [0.717, 1.165) is 66.6 Å². The van der Waals surface area contributed by atoms with Gasteiger partial charge < -0.3 is 10.7 Å². The first-order chi connectivity index (χ1) is 14.0. The van der Waals surface area contributed by atoms with Crippen LogP contribution in [0.25, 0.3) is 5.57 Å². The second kappa shape index (κ2) is 9.75. The van der Waals surface area contributed by atoms with Crippen LogP contribution in [-0.4, -0.2) is 6.54 Å². The van der Waals surface area contributed by atoms with E-state index in [0.29, 0.717) is 6.54 Å². The first kappa shape index (κ1) is 21.1. The van der Waals surface area contributed by atoms with Gasteiger partial charge in [-0.05, 0) is 85.9 Å². The highest BCUT2D eigenvalue weighted by atomic mass is 19.1. The third kappa shape index (κ3) is 5.07. The Bertz CT molecular complexity index is 914. The summed E-state index contributed by atoms with van der Waals surface area (Å²) in [6.45, 7) is 4.91. The highest BCUT2D eigenvalue weighted by Gasteiger charge is 2.20. The molecule has 29 heavy (non-hydrogen) atoms. The zero-order valence-electron chi connectivity index (χ0n) is 17.5. The van der Waals surface area contributed by atoms with Crippen LogP contribution in [0.15, 0.2) is 59.8 Å². The highest BCUT2D eigenvalue weighted by molar-refractivity contribution is 5.86. The molecule has 0 saturated carbocycles. The summed E-state index contributed by atoms with van der Waals surface area (Å²) in [5, 5.41) is 1.72. The van der Waals surface area contributed by atoms with Crippen molar-refractivity contribution in [3.8, 4) is 0 Å². The van der Waals surface area contributed by atoms with Crippen LogP contribution in [0.3, 0.4) is 0 Å². The topological polar surface area (TPSA) is 55.3 Å². The molecule has 0 saturated heterocycles. The zero-order chi connectivity index (χ0) is 20.8. The van der Waals surface area contributed by atoms with Gasteiger partial charge in [0.05, 0.1) is 5.69 Å². The third-order valence-electron chi connectivity index (χ3n) is 5.65. The summed E-state index contributed by atoms with van der Waals surface area (Å²) < 4.78 is 14.3. The first-order valence-electron chi connectivity index (χ1n) is 10.6. The second-order valence-corrected chi connectivity index (χ2v) is 7.81. The predicted molar refractivity (Wildman–Crippen MR) is 121 cm³/mol. The number of benzene rings is 2. The van der Waals surface area contributed by atoms with Gasteiger partial charge in [0.25, 0.3) is 0 Å². The lowest BCUT2D eigenvalue weighted by molar-refractivity contribution is 0.626. The molecule has 2 aromatic carbocycles. The van der Waals surface area contributed by atoms with Gasteiger partial charge in [0.2, 0.25) is 0 Å². The molecule has 1 aliphatic rings. The van der Waals surface area contributed by atoms with Crippen LogP contribution in [0, 0.1) is 12.7 Å². The zero-order valence-corrected chi connectivity index (χ0v) is 17.5. The van der Waals surface area contributed by atoms with E-state index in [9.17, 15) is 4.39 Å². The van der Waals surface area contributed by atoms with Crippen molar-refractivity contribution in [2.75, 3.05) is 11.6 Å². The van der Waals surface area contributed by atoms with Crippen LogP contribution in [0.1, 0.15) is 55.7 Å². The molecule has 0 aromatic heterocycles.